The predicted molar refractivity (Wildman–Crippen MR) is 251 cm³/mol. The number of likely N-dealkylation sites (N-methyl/N-ethyl adjacent to an activating group) is 1. The van der Waals surface area contributed by atoms with Crippen LogP contribution in [0.4, 0.5) is 11.9 Å². The fourth-order valence-electron chi connectivity index (χ4n) is 7.90. The van der Waals surface area contributed by atoms with Gasteiger partial charge in [0.2, 0.25) is 23.7 Å². The SMILES string of the molecule is CCc1nc(C)sc1C(=O)Nc1nc2cc(C(N)=O)cc(OCCCN3CCN(CC)CC3)c2n1C/C=C/Cn1c(NC(=O)c2cc(C)nn2CC)nc2cc(C(N)=O)cc(SC)c21. The van der Waals surface area contributed by atoms with Gasteiger partial charge in [0.05, 0.1) is 39.6 Å². The summed E-state index contributed by atoms with van der Waals surface area (Å²) < 4.78 is 11.8. The largest absolute Gasteiger partial charge is 0.491 e. The lowest BCUT2D eigenvalue weighted by Gasteiger charge is -2.33. The molecule has 6 aromatic rings. The monoisotopic (exact) mass is 909 g/mol. The van der Waals surface area contributed by atoms with E-state index in [1.165, 1.54) is 23.1 Å². The van der Waals surface area contributed by atoms with E-state index in [-0.39, 0.29) is 36.5 Å². The second-order valence-corrected chi connectivity index (χ2v) is 17.5. The van der Waals surface area contributed by atoms with Gasteiger partial charge in [-0.25, -0.2) is 15.0 Å². The molecule has 0 aliphatic carbocycles. The van der Waals surface area contributed by atoms with Gasteiger partial charge in [0.25, 0.3) is 11.8 Å². The Bertz CT molecular complexity index is 2740. The molecule has 20 heteroatoms. The maximum absolute atomic E-state index is 13.9. The van der Waals surface area contributed by atoms with E-state index in [9.17, 15) is 19.2 Å². The van der Waals surface area contributed by atoms with E-state index in [1.807, 2.05) is 55.2 Å². The molecule has 1 saturated heterocycles. The molecule has 0 saturated carbocycles. The first-order valence-corrected chi connectivity index (χ1v) is 23.4. The molecule has 1 aliphatic heterocycles. The molecule has 0 bridgehead atoms. The molecule has 338 valence electrons. The zero-order chi connectivity index (χ0) is 45.7. The Labute approximate surface area is 379 Å². The number of piperazine rings is 1. The normalized spacial score (nSPS) is 13.7. The molecule has 4 amide bonds. The number of fused-ring (bicyclic) bond motifs is 2. The summed E-state index contributed by atoms with van der Waals surface area (Å²) in [6.45, 7) is 17.0. The summed E-state index contributed by atoms with van der Waals surface area (Å²) in [4.78, 5) is 72.8. The van der Waals surface area contributed by atoms with Crippen molar-refractivity contribution in [2.75, 3.05) is 62.8 Å². The summed E-state index contributed by atoms with van der Waals surface area (Å²) in [6, 6.07) is 8.28. The minimum Gasteiger partial charge on any atom is -0.491 e. The van der Waals surface area contributed by atoms with Gasteiger partial charge in [0.15, 0.2) is 0 Å². The molecule has 1 fully saturated rings. The number of hydrogen-bond donors (Lipinski definition) is 4. The van der Waals surface area contributed by atoms with Crippen LogP contribution in [0.15, 0.2) is 47.4 Å². The number of primary amides is 2. The third kappa shape index (κ3) is 9.99. The maximum Gasteiger partial charge on any atom is 0.276 e. The van der Waals surface area contributed by atoms with Crippen molar-refractivity contribution in [1.82, 2.24) is 43.7 Å². The highest BCUT2D eigenvalue weighted by Gasteiger charge is 2.24. The van der Waals surface area contributed by atoms with Crippen LogP contribution in [0.5, 0.6) is 5.75 Å². The van der Waals surface area contributed by atoms with Gasteiger partial charge in [0, 0.05) is 68.4 Å². The van der Waals surface area contributed by atoms with Gasteiger partial charge in [-0.15, -0.1) is 23.1 Å². The number of allylic oxidation sites excluding steroid dienone is 2. The summed E-state index contributed by atoms with van der Waals surface area (Å²) in [7, 11) is 0. The Morgan fingerprint density at radius 1 is 0.797 bits per heavy atom. The van der Waals surface area contributed by atoms with Crippen LogP contribution in [0.1, 0.15) is 84.5 Å². The second-order valence-electron chi connectivity index (χ2n) is 15.4. The number of rotatable bonds is 19. The molecular weight excluding hydrogens is 855 g/mol. The number of carbonyl (C=O) groups excluding carboxylic acids is 4. The molecule has 1 aliphatic rings. The van der Waals surface area contributed by atoms with Gasteiger partial charge in [-0.3, -0.25) is 34.5 Å². The lowest BCUT2D eigenvalue weighted by molar-refractivity contribution is 0.0991. The highest BCUT2D eigenvalue weighted by atomic mass is 32.2. The summed E-state index contributed by atoms with van der Waals surface area (Å²) in [6.07, 6.45) is 7.06. The Kier molecular flexibility index (Phi) is 14.5. The average Bonchev–Trinajstić information content (AvgIpc) is 4.05. The average molecular weight is 910 g/mol. The van der Waals surface area contributed by atoms with E-state index in [0.29, 0.717) is 74.9 Å². The van der Waals surface area contributed by atoms with Crippen molar-refractivity contribution in [2.24, 2.45) is 11.5 Å². The van der Waals surface area contributed by atoms with E-state index < -0.39 is 17.7 Å². The Morgan fingerprint density at radius 2 is 1.41 bits per heavy atom. The van der Waals surface area contributed by atoms with Crippen molar-refractivity contribution < 1.29 is 23.9 Å². The van der Waals surface area contributed by atoms with Crippen molar-refractivity contribution >= 4 is 80.7 Å². The number of aromatic nitrogens is 7. The lowest BCUT2D eigenvalue weighted by Crippen LogP contribution is -2.46. The molecule has 2 aromatic carbocycles. The van der Waals surface area contributed by atoms with Gasteiger partial charge < -0.3 is 35.1 Å². The van der Waals surface area contributed by atoms with Gasteiger partial charge in [-0.1, -0.05) is 26.0 Å². The molecule has 4 aromatic heterocycles. The molecule has 0 atom stereocenters. The van der Waals surface area contributed by atoms with Crippen molar-refractivity contribution in [3.8, 4) is 5.75 Å². The molecule has 0 unspecified atom stereocenters. The predicted octanol–water partition coefficient (Wildman–Crippen LogP) is 5.33. The van der Waals surface area contributed by atoms with E-state index in [0.717, 1.165) is 55.6 Å². The molecule has 18 nitrogen and oxygen atoms in total. The van der Waals surface area contributed by atoms with Crippen molar-refractivity contribution in [2.45, 2.75) is 72.0 Å². The summed E-state index contributed by atoms with van der Waals surface area (Å²) in [5.41, 5.74) is 16.0. The number of nitrogens with two attached hydrogens (primary N) is 2. The molecule has 6 N–H and O–H groups in total. The Balaban J connectivity index is 1.24. The smallest absolute Gasteiger partial charge is 0.276 e. The highest BCUT2D eigenvalue weighted by Crippen LogP contribution is 2.34. The Hall–Kier alpha value is -6.09. The van der Waals surface area contributed by atoms with Crippen molar-refractivity contribution in [1.29, 1.82) is 0 Å². The molecule has 64 heavy (non-hydrogen) atoms. The van der Waals surface area contributed by atoms with Crippen LogP contribution in [0.3, 0.4) is 0 Å². The fraction of sp³-hybridized carbons (Fsp3) is 0.409. The number of anilines is 2. The number of amides is 4. The maximum atomic E-state index is 13.9. The van der Waals surface area contributed by atoms with Crippen LogP contribution in [0.25, 0.3) is 22.1 Å². The first-order chi connectivity index (χ1) is 30.8. The van der Waals surface area contributed by atoms with E-state index >= 15 is 0 Å². The van der Waals surface area contributed by atoms with Crippen molar-refractivity contribution in [3.05, 3.63) is 80.6 Å². The summed E-state index contributed by atoms with van der Waals surface area (Å²) in [5.74, 6) is -1.06. The first-order valence-electron chi connectivity index (χ1n) is 21.4. The second kappa shape index (κ2) is 20.2. The van der Waals surface area contributed by atoms with E-state index in [1.54, 1.807) is 35.0 Å². The van der Waals surface area contributed by atoms with Crippen LogP contribution >= 0.6 is 23.1 Å². The number of nitrogens with one attached hydrogen (secondary N) is 2. The standard InChI is InChI=1S/C44H55N13O5S2/c1-7-30-38(64-27(5)47-30)42(61)51-44-48-31-22-28(39(45)58)24-34(62-20-12-13-54-18-16-53(8-2)17-19-54)36(31)55(44)14-10-11-15-56-37-32(23-29(40(46)59)25-35(37)63-6)49-43(56)50-41(60)33-21-26(4)52-57(33)9-3/h10-11,21-25H,7-9,12-20H2,1-6H3,(H2,45,58)(H2,46,59)(H,48,51,61)(H,49,50,60)/b11-10+. The number of carbonyl (C=O) groups is 4. The summed E-state index contributed by atoms with van der Waals surface area (Å²) >= 11 is 2.74. The third-order valence-electron chi connectivity index (χ3n) is 11.2. The number of aryl methyl sites for hydroxylation is 4. The molecule has 0 spiro atoms. The van der Waals surface area contributed by atoms with Crippen LogP contribution in [-0.4, -0.2) is 119 Å². The zero-order valence-corrected chi connectivity index (χ0v) is 38.7. The number of hydrogen-bond acceptors (Lipinski definition) is 13. The number of thioether (sulfide) groups is 1. The number of benzene rings is 2. The highest BCUT2D eigenvalue weighted by molar-refractivity contribution is 7.98. The molecule has 7 rings (SSSR count). The molecular formula is C44H55N13O5S2. The van der Waals surface area contributed by atoms with Gasteiger partial charge in [-0.05, 0) is 76.7 Å². The minimum absolute atomic E-state index is 0.215. The van der Waals surface area contributed by atoms with Crippen LogP contribution < -0.4 is 26.8 Å². The van der Waals surface area contributed by atoms with Crippen LogP contribution in [0, 0.1) is 13.8 Å². The topological polar surface area (TPSA) is 226 Å². The first kappa shape index (κ1) is 45.9. The van der Waals surface area contributed by atoms with Crippen LogP contribution in [-0.2, 0) is 26.1 Å². The minimum atomic E-state index is -0.634. The van der Waals surface area contributed by atoms with E-state index in [2.05, 4.69) is 37.4 Å². The fourth-order valence-corrected chi connectivity index (χ4v) is 9.45. The number of ether oxygens (including phenoxy) is 1. The van der Waals surface area contributed by atoms with E-state index in [4.69, 9.17) is 26.2 Å². The Morgan fingerprint density at radius 3 is 2.02 bits per heavy atom. The number of thiazole rings is 1. The summed E-state index contributed by atoms with van der Waals surface area (Å²) in [5, 5.41) is 11.2. The molecule has 5 heterocycles. The van der Waals surface area contributed by atoms with Gasteiger partial charge in [-0.2, -0.15) is 5.10 Å². The number of nitrogens with zero attached hydrogens (tertiary/aromatic N) is 9. The lowest BCUT2D eigenvalue weighted by atomic mass is 10.1. The van der Waals surface area contributed by atoms with Gasteiger partial charge >= 0.3 is 0 Å². The number of imidazole rings is 2. The third-order valence-corrected chi connectivity index (χ3v) is 12.9. The van der Waals surface area contributed by atoms with Crippen LogP contribution in [0.2, 0.25) is 0 Å². The zero-order valence-electron chi connectivity index (χ0n) is 37.1. The van der Waals surface area contributed by atoms with Crippen molar-refractivity contribution in [3.63, 3.8) is 0 Å². The molecule has 0 radical (unpaired) electrons. The quantitative estimate of drug-likeness (QED) is 0.0460. The van der Waals surface area contributed by atoms with Gasteiger partial charge in [0.1, 0.15) is 21.8 Å².